The van der Waals surface area contributed by atoms with Crippen LogP contribution in [0.5, 0.6) is 0 Å². The summed E-state index contributed by atoms with van der Waals surface area (Å²) < 4.78 is 3.26. The van der Waals surface area contributed by atoms with E-state index in [0.29, 0.717) is 0 Å². The van der Waals surface area contributed by atoms with Crippen LogP contribution < -0.4 is 0 Å². The highest BCUT2D eigenvalue weighted by Gasteiger charge is 1.87. The highest BCUT2D eigenvalue weighted by molar-refractivity contribution is 7.59. The molecular weight excluding hydrogens is 118 g/mol. The van der Waals surface area contributed by atoms with Crippen LogP contribution in [0, 0.1) is 11.5 Å². The summed E-state index contributed by atoms with van der Waals surface area (Å²) in [6, 6.07) is 0. The van der Waals surface area contributed by atoms with Crippen molar-refractivity contribution >= 4 is 19.7 Å². The maximum absolute atomic E-state index is 9.15. The van der Waals surface area contributed by atoms with Crippen molar-refractivity contribution in [3.63, 3.8) is 0 Å². The Morgan fingerprint density at radius 1 is 1.86 bits per heavy atom. The fourth-order valence-corrected chi connectivity index (χ4v) is 0.0390. The van der Waals surface area contributed by atoms with Crippen LogP contribution in [-0.2, 0) is 4.74 Å². The van der Waals surface area contributed by atoms with Crippen LogP contribution in [0.25, 0.3) is 0 Å². The van der Waals surface area contributed by atoms with Crippen molar-refractivity contribution in [1.29, 1.82) is 5.26 Å². The second-order valence-electron chi connectivity index (χ2n) is 0.459. The van der Waals surface area contributed by atoms with Gasteiger partial charge in [-0.05, 0) is 0 Å². The Morgan fingerprint density at radius 2 is 2.29 bits per heavy atom. The van der Waals surface area contributed by atoms with E-state index in [1.807, 2.05) is 0 Å². The minimum atomic E-state index is -1.57. The lowest BCUT2D eigenvalue weighted by Gasteiger charge is -1.73. The van der Waals surface area contributed by atoms with Gasteiger partial charge >= 0.3 is 6.16 Å². The van der Waals surface area contributed by atoms with Crippen LogP contribution in [0.4, 0.5) is 4.79 Å². The van der Waals surface area contributed by atoms with E-state index in [2.05, 4.69) is 4.74 Å². The molecule has 1 N–H and O–H groups in total. The number of hydrogen-bond acceptors (Lipinski definition) is 3. The van der Waals surface area contributed by atoms with Crippen LogP contribution in [0.3, 0.4) is 0 Å². The third kappa shape index (κ3) is 11.1. The fraction of sp³-hybridized carbons (Fsp3) is 0. The van der Waals surface area contributed by atoms with Crippen LogP contribution in [0.2, 0.25) is 0 Å². The van der Waals surface area contributed by atoms with Crippen molar-refractivity contribution in [3.05, 3.63) is 0 Å². The molecule has 0 radical (unpaired) electrons. The minimum absolute atomic E-state index is 0. The third-order valence-corrected chi connectivity index (χ3v) is 0.133. The molecule has 0 unspecified atom stereocenters. The van der Waals surface area contributed by atoms with Gasteiger partial charge in [0.25, 0.3) is 6.26 Å². The Bertz CT molecular complexity index is 95.6. The topological polar surface area (TPSA) is 70.3 Å². The molecule has 0 rings (SSSR count). The summed E-state index contributed by atoms with van der Waals surface area (Å²) in [5.41, 5.74) is 0. The molecule has 5 heteroatoms. The molecule has 0 saturated heterocycles. The molecule has 0 aromatic carbocycles. The molecule has 0 saturated carbocycles. The lowest BCUT2D eigenvalue weighted by Crippen LogP contribution is -1.90. The summed E-state index contributed by atoms with van der Waals surface area (Å²) in [4.78, 5) is 9.15. The molecule has 0 bridgehead atoms. The second kappa shape index (κ2) is 5.11. The molecule has 0 amide bonds. The van der Waals surface area contributed by atoms with Crippen molar-refractivity contribution in [2.75, 3.05) is 0 Å². The summed E-state index contributed by atoms with van der Waals surface area (Å²) in [5.74, 6) is 0. The van der Waals surface area contributed by atoms with Crippen molar-refractivity contribution in [2.45, 2.75) is 0 Å². The van der Waals surface area contributed by atoms with Gasteiger partial charge in [-0.2, -0.15) is 13.5 Å². The Morgan fingerprint density at radius 3 is 2.29 bits per heavy atom. The molecule has 0 aliphatic heterocycles. The fourth-order valence-electron chi connectivity index (χ4n) is 0.0390. The van der Waals surface area contributed by atoms with E-state index < -0.39 is 6.16 Å². The molecular formula is C2H3NO3S. The van der Waals surface area contributed by atoms with Crippen molar-refractivity contribution < 1.29 is 14.6 Å². The van der Waals surface area contributed by atoms with Gasteiger partial charge in [-0.15, -0.1) is 5.26 Å². The standard InChI is InChI=1S/C2HNO3.H2S/c3-1-6-2(4)5;/h(H,4,5);1H2. The van der Waals surface area contributed by atoms with Gasteiger partial charge in [0.05, 0.1) is 0 Å². The molecule has 4 nitrogen and oxygen atoms in total. The summed E-state index contributed by atoms with van der Waals surface area (Å²) in [7, 11) is 0. The largest absolute Gasteiger partial charge is 0.521 e. The van der Waals surface area contributed by atoms with Gasteiger partial charge < -0.3 is 9.84 Å². The molecule has 0 atom stereocenters. The third-order valence-electron chi connectivity index (χ3n) is 0.133. The highest BCUT2D eigenvalue weighted by Crippen LogP contribution is 1.65. The monoisotopic (exact) mass is 121 g/mol. The number of hydrogen-bond donors (Lipinski definition) is 1. The van der Waals surface area contributed by atoms with Gasteiger partial charge in [0.15, 0.2) is 0 Å². The van der Waals surface area contributed by atoms with E-state index in [9.17, 15) is 0 Å². The first-order valence-corrected chi connectivity index (χ1v) is 1.06. The van der Waals surface area contributed by atoms with E-state index >= 15 is 0 Å². The summed E-state index contributed by atoms with van der Waals surface area (Å²) >= 11 is 0. The summed E-state index contributed by atoms with van der Waals surface area (Å²) in [5, 5.41) is 14.9. The second-order valence-corrected chi connectivity index (χ2v) is 0.459. The highest BCUT2D eigenvalue weighted by atomic mass is 32.1. The molecule has 0 heterocycles. The zero-order valence-corrected chi connectivity index (χ0v) is 4.21. The number of carbonyl (C=O) groups is 1. The molecule has 7 heavy (non-hydrogen) atoms. The van der Waals surface area contributed by atoms with E-state index in [4.69, 9.17) is 15.2 Å². The number of carboxylic acid groups (broad SMARTS) is 1. The predicted octanol–water partition coefficient (Wildman–Crippen LogP) is 0.275. The summed E-state index contributed by atoms with van der Waals surface area (Å²) in [6.45, 7) is 0. The molecule has 0 spiro atoms. The van der Waals surface area contributed by atoms with E-state index in [0.717, 1.165) is 6.26 Å². The van der Waals surface area contributed by atoms with Gasteiger partial charge in [-0.3, -0.25) is 0 Å². The first-order chi connectivity index (χ1) is 2.77. The Hall–Kier alpha value is -0.890. The first kappa shape index (κ1) is 9.44. The summed E-state index contributed by atoms with van der Waals surface area (Å²) in [6.07, 6.45) is -0.604. The van der Waals surface area contributed by atoms with Crippen molar-refractivity contribution in [2.24, 2.45) is 0 Å². The Labute approximate surface area is 46.8 Å². The molecule has 40 valence electrons. The predicted molar refractivity (Wildman–Crippen MR) is 25.1 cm³/mol. The van der Waals surface area contributed by atoms with E-state index in [1.54, 1.807) is 0 Å². The zero-order valence-electron chi connectivity index (χ0n) is 3.21. The quantitative estimate of drug-likeness (QED) is 0.369. The molecule has 0 aromatic heterocycles. The Kier molecular flexibility index (Phi) is 6.89. The molecule has 0 aliphatic rings. The molecule has 0 fully saturated rings. The van der Waals surface area contributed by atoms with Gasteiger partial charge in [0.2, 0.25) is 0 Å². The van der Waals surface area contributed by atoms with Crippen LogP contribution >= 0.6 is 13.5 Å². The lowest BCUT2D eigenvalue weighted by molar-refractivity contribution is 0.133. The van der Waals surface area contributed by atoms with Gasteiger partial charge in [0, 0.05) is 0 Å². The first-order valence-electron chi connectivity index (χ1n) is 1.06. The van der Waals surface area contributed by atoms with Crippen LogP contribution in [0.1, 0.15) is 0 Å². The molecule has 0 aliphatic carbocycles. The van der Waals surface area contributed by atoms with Crippen molar-refractivity contribution in [1.82, 2.24) is 0 Å². The average Bonchev–Trinajstić information content (AvgIpc) is 1.35. The van der Waals surface area contributed by atoms with Gasteiger partial charge in [0.1, 0.15) is 0 Å². The van der Waals surface area contributed by atoms with Crippen LogP contribution in [-0.4, -0.2) is 11.3 Å². The number of rotatable bonds is 0. The molecule has 0 aromatic rings. The SMILES string of the molecule is N#COC(=O)O.S. The number of ether oxygens (including phenoxy) is 1. The van der Waals surface area contributed by atoms with E-state index in [1.165, 1.54) is 0 Å². The van der Waals surface area contributed by atoms with E-state index in [-0.39, 0.29) is 13.5 Å². The Balaban J connectivity index is 0. The zero-order chi connectivity index (χ0) is 4.99. The van der Waals surface area contributed by atoms with Gasteiger partial charge in [-0.25, -0.2) is 4.79 Å². The maximum atomic E-state index is 9.15. The van der Waals surface area contributed by atoms with Crippen molar-refractivity contribution in [3.8, 4) is 6.26 Å². The van der Waals surface area contributed by atoms with Crippen LogP contribution in [0.15, 0.2) is 0 Å². The smallest absolute Gasteiger partial charge is 0.449 e. The van der Waals surface area contributed by atoms with Gasteiger partial charge in [-0.1, -0.05) is 0 Å². The average molecular weight is 121 g/mol. The number of nitrogens with zero attached hydrogens (tertiary/aromatic N) is 1. The normalized spacial score (nSPS) is 5.00. The maximum Gasteiger partial charge on any atom is 0.521 e. The number of nitriles is 1. The lowest BCUT2D eigenvalue weighted by atomic mass is 11.3. The minimum Gasteiger partial charge on any atom is -0.449 e.